The molecule has 3 saturated heterocycles. The van der Waals surface area contributed by atoms with Crippen LogP contribution in [0.4, 0.5) is 5.69 Å². The SMILES string of the molecule is CN1CCN(c2ccc(C(=O)NC(C(=O)N3CC[C@H]4OCC(=O)[C@H]43)C(C)(C)C)cc2)CC1. The molecule has 0 aromatic heterocycles. The maximum absolute atomic E-state index is 13.4. The summed E-state index contributed by atoms with van der Waals surface area (Å²) in [6.07, 6.45) is 0.436. The van der Waals surface area contributed by atoms with Gasteiger partial charge in [-0.2, -0.15) is 0 Å². The van der Waals surface area contributed by atoms with Crippen LogP contribution in [0.1, 0.15) is 37.6 Å². The number of ether oxygens (including phenoxy) is 1. The molecule has 1 aromatic carbocycles. The fraction of sp³-hybridized carbons (Fsp3) is 0.625. The van der Waals surface area contributed by atoms with Crippen LogP contribution in [-0.4, -0.2) is 92.0 Å². The maximum atomic E-state index is 13.4. The normalized spacial score (nSPS) is 25.1. The summed E-state index contributed by atoms with van der Waals surface area (Å²) in [5.41, 5.74) is 1.11. The van der Waals surface area contributed by atoms with E-state index in [0.29, 0.717) is 18.5 Å². The molecule has 2 amide bonds. The van der Waals surface area contributed by atoms with Crippen molar-refractivity contribution in [1.29, 1.82) is 0 Å². The molecule has 1 N–H and O–H groups in total. The van der Waals surface area contributed by atoms with Gasteiger partial charge < -0.3 is 24.8 Å². The number of amides is 2. The van der Waals surface area contributed by atoms with Gasteiger partial charge in [-0.15, -0.1) is 0 Å². The van der Waals surface area contributed by atoms with Gasteiger partial charge in [-0.25, -0.2) is 0 Å². The number of benzene rings is 1. The number of ketones is 1. The number of nitrogens with one attached hydrogen (secondary N) is 1. The minimum atomic E-state index is -0.737. The number of Topliss-reactive ketones (excluding diaryl/α,β-unsaturated/α-hetero) is 1. The lowest BCUT2D eigenvalue weighted by atomic mass is 9.85. The van der Waals surface area contributed by atoms with Crippen molar-refractivity contribution in [2.75, 3.05) is 51.3 Å². The molecule has 8 heteroatoms. The number of carbonyl (C=O) groups is 3. The smallest absolute Gasteiger partial charge is 0.251 e. The number of nitrogens with zero attached hydrogens (tertiary/aromatic N) is 3. The Morgan fingerprint density at radius 3 is 2.34 bits per heavy atom. The monoisotopic (exact) mass is 442 g/mol. The number of likely N-dealkylation sites (N-methyl/N-ethyl adjacent to an activating group) is 1. The molecule has 0 radical (unpaired) electrons. The van der Waals surface area contributed by atoms with Crippen molar-refractivity contribution < 1.29 is 19.1 Å². The Morgan fingerprint density at radius 1 is 1.06 bits per heavy atom. The molecular weight excluding hydrogens is 408 g/mol. The molecule has 174 valence electrons. The third kappa shape index (κ3) is 4.52. The van der Waals surface area contributed by atoms with Crippen molar-refractivity contribution in [2.24, 2.45) is 5.41 Å². The predicted octanol–water partition coefficient (Wildman–Crippen LogP) is 1.15. The summed E-state index contributed by atoms with van der Waals surface area (Å²) in [6.45, 7) is 10.3. The molecule has 3 fully saturated rings. The molecule has 1 unspecified atom stereocenters. The standard InChI is InChI=1S/C24H34N4O4/c1-24(2,3)21(23(31)28-10-9-19-20(28)18(29)15-32-19)25-22(30)16-5-7-17(8-6-16)27-13-11-26(4)12-14-27/h5-8,19-21H,9-15H2,1-4H3,(H,25,30)/t19-,20-,21?/m1/s1. The molecule has 3 atom stereocenters. The van der Waals surface area contributed by atoms with E-state index in [4.69, 9.17) is 4.74 Å². The number of rotatable bonds is 4. The van der Waals surface area contributed by atoms with Gasteiger partial charge in [-0.3, -0.25) is 14.4 Å². The molecule has 0 bridgehead atoms. The Hall–Kier alpha value is -2.45. The van der Waals surface area contributed by atoms with Gasteiger partial charge in [-0.05, 0) is 43.1 Å². The van der Waals surface area contributed by atoms with Gasteiger partial charge in [0.05, 0.1) is 6.10 Å². The van der Waals surface area contributed by atoms with E-state index in [9.17, 15) is 14.4 Å². The van der Waals surface area contributed by atoms with Crippen LogP contribution in [0.25, 0.3) is 0 Å². The number of anilines is 1. The van der Waals surface area contributed by atoms with Crippen LogP contribution in [-0.2, 0) is 14.3 Å². The maximum Gasteiger partial charge on any atom is 0.251 e. The van der Waals surface area contributed by atoms with Gasteiger partial charge in [0.15, 0.2) is 5.78 Å². The molecule has 3 heterocycles. The van der Waals surface area contributed by atoms with Gasteiger partial charge in [0, 0.05) is 44.0 Å². The zero-order valence-electron chi connectivity index (χ0n) is 19.5. The van der Waals surface area contributed by atoms with Crippen LogP contribution in [0.2, 0.25) is 0 Å². The molecule has 3 aliphatic rings. The molecule has 0 aliphatic carbocycles. The number of likely N-dealkylation sites (tertiary alicyclic amines) is 1. The third-order valence-corrected chi connectivity index (χ3v) is 6.78. The Kier molecular flexibility index (Phi) is 6.27. The fourth-order valence-corrected chi connectivity index (χ4v) is 4.76. The molecule has 3 aliphatic heterocycles. The summed E-state index contributed by atoms with van der Waals surface area (Å²) < 4.78 is 5.51. The first kappa shape index (κ1) is 22.7. The third-order valence-electron chi connectivity index (χ3n) is 6.78. The Bertz CT molecular complexity index is 871. The highest BCUT2D eigenvalue weighted by Gasteiger charge is 2.49. The van der Waals surface area contributed by atoms with Crippen molar-refractivity contribution in [1.82, 2.24) is 15.1 Å². The Morgan fingerprint density at radius 2 is 1.72 bits per heavy atom. The Labute approximate surface area is 189 Å². The summed E-state index contributed by atoms with van der Waals surface area (Å²) >= 11 is 0. The molecule has 0 saturated carbocycles. The molecular formula is C24H34N4O4. The van der Waals surface area contributed by atoms with Crippen LogP contribution in [0.3, 0.4) is 0 Å². The zero-order chi connectivity index (χ0) is 23.0. The number of hydrogen-bond acceptors (Lipinski definition) is 6. The number of piperazine rings is 1. The molecule has 4 rings (SSSR count). The fourth-order valence-electron chi connectivity index (χ4n) is 4.76. The van der Waals surface area contributed by atoms with E-state index in [2.05, 4.69) is 22.2 Å². The van der Waals surface area contributed by atoms with E-state index in [1.54, 1.807) is 4.90 Å². The van der Waals surface area contributed by atoms with Gasteiger partial charge in [0.2, 0.25) is 5.91 Å². The van der Waals surface area contributed by atoms with Crippen LogP contribution in [0.5, 0.6) is 0 Å². The van der Waals surface area contributed by atoms with Crippen molar-refractivity contribution in [2.45, 2.75) is 45.4 Å². The van der Waals surface area contributed by atoms with Crippen LogP contribution in [0.15, 0.2) is 24.3 Å². The van der Waals surface area contributed by atoms with Crippen LogP contribution >= 0.6 is 0 Å². The minimum Gasteiger partial charge on any atom is -0.369 e. The number of carbonyl (C=O) groups excluding carboxylic acids is 3. The molecule has 1 aromatic rings. The summed E-state index contributed by atoms with van der Waals surface area (Å²) in [7, 11) is 2.12. The molecule has 0 spiro atoms. The van der Waals surface area contributed by atoms with Gasteiger partial charge >= 0.3 is 0 Å². The summed E-state index contributed by atoms with van der Waals surface area (Å²) in [4.78, 5) is 44.9. The lowest BCUT2D eigenvalue weighted by Crippen LogP contribution is -2.57. The lowest BCUT2D eigenvalue weighted by Gasteiger charge is -2.35. The number of fused-ring (bicyclic) bond motifs is 1. The lowest BCUT2D eigenvalue weighted by molar-refractivity contribution is -0.140. The number of hydrogen-bond donors (Lipinski definition) is 1. The van der Waals surface area contributed by atoms with E-state index >= 15 is 0 Å². The highest BCUT2D eigenvalue weighted by Crippen LogP contribution is 2.30. The van der Waals surface area contributed by atoms with Gasteiger partial charge in [0.1, 0.15) is 18.7 Å². The molecule has 32 heavy (non-hydrogen) atoms. The van der Waals surface area contributed by atoms with Crippen molar-refractivity contribution in [3.05, 3.63) is 29.8 Å². The first-order valence-corrected chi connectivity index (χ1v) is 11.4. The van der Waals surface area contributed by atoms with Gasteiger partial charge in [0.25, 0.3) is 5.91 Å². The zero-order valence-corrected chi connectivity index (χ0v) is 19.5. The minimum absolute atomic E-state index is 0.0562. The van der Waals surface area contributed by atoms with Crippen molar-refractivity contribution in [3.63, 3.8) is 0 Å². The first-order chi connectivity index (χ1) is 15.1. The molecule has 8 nitrogen and oxygen atoms in total. The predicted molar refractivity (Wildman–Crippen MR) is 122 cm³/mol. The highest BCUT2D eigenvalue weighted by molar-refractivity contribution is 5.99. The van der Waals surface area contributed by atoms with Crippen LogP contribution < -0.4 is 10.2 Å². The van der Waals surface area contributed by atoms with E-state index in [1.807, 2.05) is 45.0 Å². The van der Waals surface area contributed by atoms with Gasteiger partial charge in [-0.1, -0.05) is 20.8 Å². The van der Waals surface area contributed by atoms with E-state index in [-0.39, 0.29) is 30.3 Å². The summed E-state index contributed by atoms with van der Waals surface area (Å²) in [5.74, 6) is -0.557. The van der Waals surface area contributed by atoms with Crippen LogP contribution in [0, 0.1) is 5.41 Å². The van der Waals surface area contributed by atoms with E-state index < -0.39 is 17.5 Å². The average molecular weight is 443 g/mol. The second-order valence-corrected chi connectivity index (χ2v) is 10.2. The highest BCUT2D eigenvalue weighted by atomic mass is 16.5. The summed E-state index contributed by atoms with van der Waals surface area (Å²) in [6, 6.07) is 6.30. The summed E-state index contributed by atoms with van der Waals surface area (Å²) in [5, 5.41) is 2.95. The Balaban J connectivity index is 1.45. The largest absolute Gasteiger partial charge is 0.369 e. The topological polar surface area (TPSA) is 82.2 Å². The first-order valence-electron chi connectivity index (χ1n) is 11.4. The van der Waals surface area contributed by atoms with E-state index in [0.717, 1.165) is 31.9 Å². The second-order valence-electron chi connectivity index (χ2n) is 10.2. The van der Waals surface area contributed by atoms with Crippen molar-refractivity contribution in [3.8, 4) is 0 Å². The average Bonchev–Trinajstić information content (AvgIpc) is 3.34. The quantitative estimate of drug-likeness (QED) is 0.754. The van der Waals surface area contributed by atoms with E-state index in [1.165, 1.54) is 0 Å². The van der Waals surface area contributed by atoms with Crippen molar-refractivity contribution >= 4 is 23.3 Å². The second kappa shape index (κ2) is 8.83.